The van der Waals surface area contributed by atoms with Crippen LogP contribution in [0, 0.1) is 0 Å². The average Bonchev–Trinajstić information content (AvgIpc) is 2.74. The van der Waals surface area contributed by atoms with E-state index in [0.717, 1.165) is 22.2 Å². The zero-order valence-electron chi connectivity index (χ0n) is 8.61. The van der Waals surface area contributed by atoms with Gasteiger partial charge in [0.05, 0.1) is 16.2 Å². The molecule has 3 rings (SSSR count). The average molecular weight is 264 g/mol. The van der Waals surface area contributed by atoms with Crippen LogP contribution in [0.15, 0.2) is 36.7 Å². The van der Waals surface area contributed by atoms with Crippen molar-refractivity contribution in [1.29, 1.82) is 0 Å². The largest absolute Gasteiger partial charge is 0.359 e. The normalized spacial score (nSPS) is 10.9. The number of aromatic amines is 1. The highest BCUT2D eigenvalue weighted by Crippen LogP contribution is 2.31. The summed E-state index contributed by atoms with van der Waals surface area (Å²) in [7, 11) is 0. The summed E-state index contributed by atoms with van der Waals surface area (Å²) in [5, 5.41) is 1.94. The van der Waals surface area contributed by atoms with E-state index in [9.17, 15) is 0 Å². The lowest BCUT2D eigenvalue weighted by atomic mass is 10.1. The summed E-state index contributed by atoms with van der Waals surface area (Å²) in [6.45, 7) is 0. The molecule has 5 heteroatoms. The Labute approximate surface area is 107 Å². The van der Waals surface area contributed by atoms with Gasteiger partial charge < -0.3 is 4.98 Å². The number of nitrogens with zero attached hydrogens (tertiary/aromatic N) is 2. The molecule has 17 heavy (non-hydrogen) atoms. The third kappa shape index (κ3) is 1.77. The maximum atomic E-state index is 6.10. The number of rotatable bonds is 1. The summed E-state index contributed by atoms with van der Waals surface area (Å²) in [6.07, 6.45) is 3.50. The van der Waals surface area contributed by atoms with Crippen molar-refractivity contribution in [2.45, 2.75) is 0 Å². The molecule has 0 aliphatic heterocycles. The Morgan fingerprint density at radius 1 is 1.12 bits per heavy atom. The van der Waals surface area contributed by atoms with E-state index >= 15 is 0 Å². The molecule has 0 unspecified atom stereocenters. The van der Waals surface area contributed by atoms with Crippen LogP contribution in [-0.4, -0.2) is 15.0 Å². The second-order valence-electron chi connectivity index (χ2n) is 3.58. The number of para-hydroxylation sites is 1. The van der Waals surface area contributed by atoms with E-state index in [0.29, 0.717) is 5.02 Å². The van der Waals surface area contributed by atoms with Gasteiger partial charge in [-0.1, -0.05) is 23.7 Å². The van der Waals surface area contributed by atoms with Crippen molar-refractivity contribution in [2.24, 2.45) is 0 Å². The second kappa shape index (κ2) is 4.02. The molecular weight excluding hydrogens is 257 g/mol. The van der Waals surface area contributed by atoms with Crippen LogP contribution >= 0.6 is 23.2 Å². The van der Waals surface area contributed by atoms with Gasteiger partial charge in [-0.3, -0.25) is 0 Å². The molecule has 0 aliphatic carbocycles. The van der Waals surface area contributed by atoms with Crippen LogP contribution in [0.2, 0.25) is 10.3 Å². The molecule has 0 spiro atoms. The van der Waals surface area contributed by atoms with Crippen LogP contribution in [0.3, 0.4) is 0 Å². The summed E-state index contributed by atoms with van der Waals surface area (Å²) in [6, 6.07) is 7.56. The molecule has 0 radical (unpaired) electrons. The zero-order valence-corrected chi connectivity index (χ0v) is 10.1. The Hall–Kier alpha value is -1.58. The van der Waals surface area contributed by atoms with Crippen molar-refractivity contribution in [2.75, 3.05) is 0 Å². The summed E-state index contributed by atoms with van der Waals surface area (Å²) in [5.41, 5.74) is 2.64. The fraction of sp³-hybridized carbons (Fsp3) is 0. The highest BCUT2D eigenvalue weighted by atomic mass is 35.5. The van der Waals surface area contributed by atoms with Gasteiger partial charge in [0.25, 0.3) is 0 Å². The third-order valence-corrected chi connectivity index (χ3v) is 3.06. The number of fused-ring (bicyclic) bond motifs is 1. The molecule has 84 valence electrons. The molecule has 0 amide bonds. The van der Waals surface area contributed by atoms with Crippen molar-refractivity contribution in [1.82, 2.24) is 15.0 Å². The third-order valence-electron chi connectivity index (χ3n) is 2.57. The Morgan fingerprint density at radius 2 is 2.00 bits per heavy atom. The molecule has 0 saturated carbocycles. The van der Waals surface area contributed by atoms with Gasteiger partial charge in [0.2, 0.25) is 5.28 Å². The Bertz CT molecular complexity index is 691. The van der Waals surface area contributed by atoms with Gasteiger partial charge in [-0.25, -0.2) is 9.97 Å². The number of nitrogens with one attached hydrogen (secondary N) is 1. The van der Waals surface area contributed by atoms with Gasteiger partial charge in [0.1, 0.15) is 0 Å². The Kier molecular flexibility index (Phi) is 2.50. The fourth-order valence-electron chi connectivity index (χ4n) is 1.81. The summed E-state index contributed by atoms with van der Waals surface area (Å²) in [4.78, 5) is 11.2. The van der Waals surface area contributed by atoms with Crippen LogP contribution in [0.25, 0.3) is 22.2 Å². The first-order valence-corrected chi connectivity index (χ1v) is 5.76. The van der Waals surface area contributed by atoms with Gasteiger partial charge in [0.15, 0.2) is 0 Å². The first-order valence-electron chi connectivity index (χ1n) is 5.00. The highest BCUT2D eigenvalue weighted by molar-refractivity contribution is 6.35. The zero-order chi connectivity index (χ0) is 11.8. The fourth-order valence-corrected chi connectivity index (χ4v) is 2.19. The second-order valence-corrected chi connectivity index (χ2v) is 4.32. The number of halogens is 2. The number of hydrogen-bond donors (Lipinski definition) is 1. The maximum Gasteiger partial charge on any atom is 0.222 e. The molecule has 3 nitrogen and oxygen atoms in total. The standard InChI is InChI=1S/C12H7Cl2N3/c13-9-3-1-2-7-8(6-16-11(7)9)10-4-5-15-12(14)17-10/h1-6,16H. The van der Waals surface area contributed by atoms with Gasteiger partial charge in [0, 0.05) is 23.3 Å². The predicted molar refractivity (Wildman–Crippen MR) is 69.3 cm³/mol. The van der Waals surface area contributed by atoms with Crippen molar-refractivity contribution >= 4 is 34.1 Å². The van der Waals surface area contributed by atoms with E-state index in [-0.39, 0.29) is 5.28 Å². The molecule has 0 fully saturated rings. The van der Waals surface area contributed by atoms with Crippen molar-refractivity contribution in [3.8, 4) is 11.3 Å². The van der Waals surface area contributed by atoms with Gasteiger partial charge in [-0.05, 0) is 23.7 Å². The minimum absolute atomic E-state index is 0.235. The van der Waals surface area contributed by atoms with E-state index < -0.39 is 0 Å². The lowest BCUT2D eigenvalue weighted by molar-refractivity contribution is 1.17. The molecular formula is C12H7Cl2N3. The molecule has 0 atom stereocenters. The maximum absolute atomic E-state index is 6.10. The Balaban J connectivity index is 2.28. The number of hydrogen-bond acceptors (Lipinski definition) is 2. The monoisotopic (exact) mass is 263 g/mol. The SMILES string of the molecule is Clc1nccc(-c2c[nH]c3c(Cl)cccc23)n1. The highest BCUT2D eigenvalue weighted by Gasteiger charge is 2.09. The van der Waals surface area contributed by atoms with E-state index in [1.807, 2.05) is 30.5 Å². The van der Waals surface area contributed by atoms with E-state index in [4.69, 9.17) is 23.2 Å². The molecule has 2 aromatic heterocycles. The molecule has 0 bridgehead atoms. The minimum Gasteiger partial charge on any atom is -0.359 e. The van der Waals surface area contributed by atoms with E-state index in [2.05, 4.69) is 15.0 Å². The van der Waals surface area contributed by atoms with Gasteiger partial charge >= 0.3 is 0 Å². The summed E-state index contributed by atoms with van der Waals surface area (Å²) >= 11 is 11.9. The van der Waals surface area contributed by atoms with Crippen LogP contribution in [0.1, 0.15) is 0 Å². The smallest absolute Gasteiger partial charge is 0.222 e. The molecule has 0 saturated heterocycles. The predicted octanol–water partition coefficient (Wildman–Crippen LogP) is 3.93. The van der Waals surface area contributed by atoms with Crippen LogP contribution in [0.4, 0.5) is 0 Å². The number of benzene rings is 1. The Morgan fingerprint density at radius 3 is 2.82 bits per heavy atom. The van der Waals surface area contributed by atoms with Crippen LogP contribution in [0.5, 0.6) is 0 Å². The first-order chi connectivity index (χ1) is 8.25. The molecule has 2 heterocycles. The lowest BCUT2D eigenvalue weighted by Gasteiger charge is -1.99. The van der Waals surface area contributed by atoms with Crippen molar-refractivity contribution in [3.63, 3.8) is 0 Å². The number of aromatic nitrogens is 3. The van der Waals surface area contributed by atoms with E-state index in [1.165, 1.54) is 0 Å². The summed E-state index contributed by atoms with van der Waals surface area (Å²) < 4.78 is 0. The van der Waals surface area contributed by atoms with Gasteiger partial charge in [-0.15, -0.1) is 0 Å². The minimum atomic E-state index is 0.235. The lowest BCUT2D eigenvalue weighted by Crippen LogP contribution is -1.85. The van der Waals surface area contributed by atoms with Crippen LogP contribution < -0.4 is 0 Å². The summed E-state index contributed by atoms with van der Waals surface area (Å²) in [5.74, 6) is 0. The van der Waals surface area contributed by atoms with Crippen molar-refractivity contribution < 1.29 is 0 Å². The topological polar surface area (TPSA) is 41.6 Å². The van der Waals surface area contributed by atoms with Gasteiger partial charge in [-0.2, -0.15) is 0 Å². The van der Waals surface area contributed by atoms with E-state index in [1.54, 1.807) is 6.20 Å². The molecule has 0 aliphatic rings. The number of H-pyrrole nitrogens is 1. The quantitative estimate of drug-likeness (QED) is 0.676. The van der Waals surface area contributed by atoms with Crippen LogP contribution in [-0.2, 0) is 0 Å². The first kappa shape index (κ1) is 10.6. The molecule has 1 N–H and O–H groups in total. The molecule has 3 aromatic rings. The molecule has 1 aromatic carbocycles. The van der Waals surface area contributed by atoms with Crippen molar-refractivity contribution in [3.05, 3.63) is 47.0 Å².